The zero-order chi connectivity index (χ0) is 10.6. The van der Waals surface area contributed by atoms with Gasteiger partial charge in [0, 0.05) is 10.9 Å². The molecule has 0 amide bonds. The molecule has 0 saturated heterocycles. The quantitative estimate of drug-likeness (QED) is 0.707. The van der Waals surface area contributed by atoms with E-state index in [0.717, 1.165) is 22.9 Å². The van der Waals surface area contributed by atoms with Gasteiger partial charge in [0.1, 0.15) is 5.82 Å². The Bertz CT molecular complexity index is 342. The average Bonchev–Trinajstić information content (AvgIpc) is 2.18. The van der Waals surface area contributed by atoms with Crippen molar-refractivity contribution in [2.45, 2.75) is 20.3 Å². The fourth-order valence-corrected chi connectivity index (χ4v) is 1.55. The monoisotopic (exact) mass is 256 g/mol. The predicted molar refractivity (Wildman–Crippen MR) is 63.2 cm³/mol. The third-order valence-corrected chi connectivity index (χ3v) is 2.56. The van der Waals surface area contributed by atoms with E-state index in [4.69, 9.17) is 0 Å². The number of benzene rings is 1. The number of hydrogen-bond acceptors (Lipinski definition) is 0. The summed E-state index contributed by atoms with van der Waals surface area (Å²) in [5, 5.41) is 0.914. The fourth-order valence-electron chi connectivity index (χ4n) is 1.32. The highest BCUT2D eigenvalue weighted by atomic mass is 79.9. The first-order chi connectivity index (χ1) is 6.65. The van der Waals surface area contributed by atoms with Crippen LogP contribution in [0.5, 0.6) is 0 Å². The minimum absolute atomic E-state index is 0.140. The first-order valence-corrected chi connectivity index (χ1v) is 5.76. The highest BCUT2D eigenvalue weighted by molar-refractivity contribution is 9.09. The van der Waals surface area contributed by atoms with Gasteiger partial charge in [0.25, 0.3) is 0 Å². The normalized spacial score (nSPS) is 11.9. The van der Waals surface area contributed by atoms with Crippen LogP contribution in [0.4, 0.5) is 4.39 Å². The van der Waals surface area contributed by atoms with Crippen molar-refractivity contribution < 1.29 is 4.39 Å². The van der Waals surface area contributed by atoms with E-state index in [2.05, 4.69) is 15.9 Å². The van der Waals surface area contributed by atoms with Crippen molar-refractivity contribution in [3.8, 4) is 0 Å². The van der Waals surface area contributed by atoms with Crippen LogP contribution >= 0.6 is 15.9 Å². The van der Waals surface area contributed by atoms with E-state index in [9.17, 15) is 4.39 Å². The average molecular weight is 257 g/mol. The second-order valence-electron chi connectivity index (χ2n) is 3.35. The maximum atomic E-state index is 13.4. The predicted octanol–water partition coefficient (Wildman–Crippen LogP) is 4.32. The molecule has 0 heterocycles. The number of halogens is 2. The largest absolute Gasteiger partial charge is 0.206 e. The zero-order valence-corrected chi connectivity index (χ0v) is 10.1. The summed E-state index contributed by atoms with van der Waals surface area (Å²) in [5.74, 6) is -0.140. The standard InChI is InChI=1S/C12H14BrF/c1-9-5-6-12(14)11(8-9)10(2)4-3-7-13/h4-6,8H,3,7H2,1-2H3. The van der Waals surface area contributed by atoms with Crippen LogP contribution in [0.25, 0.3) is 5.57 Å². The van der Waals surface area contributed by atoms with Crippen LogP contribution in [0.2, 0.25) is 0 Å². The smallest absolute Gasteiger partial charge is 0.130 e. The summed E-state index contributed by atoms with van der Waals surface area (Å²) in [6.07, 6.45) is 2.98. The molecule has 0 nitrogen and oxygen atoms in total. The lowest BCUT2D eigenvalue weighted by Gasteiger charge is -2.04. The minimum Gasteiger partial charge on any atom is -0.206 e. The molecule has 0 spiro atoms. The van der Waals surface area contributed by atoms with E-state index in [0.29, 0.717) is 5.56 Å². The fraction of sp³-hybridized carbons (Fsp3) is 0.333. The molecule has 2 heteroatoms. The van der Waals surface area contributed by atoms with Crippen LogP contribution in [0.1, 0.15) is 24.5 Å². The molecule has 0 N–H and O–H groups in total. The summed E-state index contributed by atoms with van der Waals surface area (Å²) in [7, 11) is 0. The molecule has 1 aromatic carbocycles. The summed E-state index contributed by atoms with van der Waals surface area (Å²) in [6.45, 7) is 3.92. The van der Waals surface area contributed by atoms with Gasteiger partial charge in [-0.25, -0.2) is 4.39 Å². The summed E-state index contributed by atoms with van der Waals surface area (Å²) in [5.41, 5.74) is 2.81. The Labute approximate surface area is 93.0 Å². The molecule has 0 aromatic heterocycles. The SMILES string of the molecule is CC(=CCCBr)c1cc(C)ccc1F. The molecule has 0 atom stereocenters. The van der Waals surface area contributed by atoms with Crippen molar-refractivity contribution in [1.29, 1.82) is 0 Å². The van der Waals surface area contributed by atoms with Crippen LogP contribution in [0, 0.1) is 12.7 Å². The van der Waals surface area contributed by atoms with E-state index >= 15 is 0 Å². The molecular weight excluding hydrogens is 243 g/mol. The molecule has 0 aliphatic rings. The Morgan fingerprint density at radius 2 is 2.21 bits per heavy atom. The molecule has 76 valence electrons. The zero-order valence-electron chi connectivity index (χ0n) is 8.48. The Morgan fingerprint density at radius 1 is 1.50 bits per heavy atom. The van der Waals surface area contributed by atoms with Gasteiger partial charge >= 0.3 is 0 Å². The van der Waals surface area contributed by atoms with E-state index in [1.54, 1.807) is 6.07 Å². The van der Waals surface area contributed by atoms with Crippen molar-refractivity contribution in [1.82, 2.24) is 0 Å². The Morgan fingerprint density at radius 3 is 2.86 bits per heavy atom. The topological polar surface area (TPSA) is 0 Å². The number of alkyl halides is 1. The van der Waals surface area contributed by atoms with Crippen molar-refractivity contribution in [3.63, 3.8) is 0 Å². The van der Waals surface area contributed by atoms with Crippen LogP contribution in [-0.4, -0.2) is 5.33 Å². The lowest BCUT2D eigenvalue weighted by atomic mass is 10.0. The minimum atomic E-state index is -0.140. The second-order valence-corrected chi connectivity index (χ2v) is 4.14. The highest BCUT2D eigenvalue weighted by Crippen LogP contribution is 2.19. The van der Waals surface area contributed by atoms with Crippen molar-refractivity contribution in [3.05, 3.63) is 41.2 Å². The molecular formula is C12H14BrF. The number of hydrogen-bond donors (Lipinski definition) is 0. The molecule has 0 bridgehead atoms. The molecule has 0 aliphatic carbocycles. The highest BCUT2D eigenvalue weighted by Gasteiger charge is 2.03. The van der Waals surface area contributed by atoms with Gasteiger partial charge in [-0.1, -0.05) is 33.6 Å². The van der Waals surface area contributed by atoms with Crippen LogP contribution in [-0.2, 0) is 0 Å². The second kappa shape index (κ2) is 5.30. The first kappa shape index (κ1) is 11.4. The molecule has 1 rings (SSSR count). The molecule has 0 aliphatic heterocycles. The summed E-state index contributed by atoms with van der Waals surface area (Å²) in [4.78, 5) is 0. The maximum absolute atomic E-state index is 13.4. The van der Waals surface area contributed by atoms with Gasteiger partial charge in [-0.2, -0.15) is 0 Å². The lowest BCUT2D eigenvalue weighted by Crippen LogP contribution is -1.88. The summed E-state index contributed by atoms with van der Waals surface area (Å²) < 4.78 is 13.4. The molecule has 0 unspecified atom stereocenters. The number of rotatable bonds is 3. The van der Waals surface area contributed by atoms with E-state index in [1.165, 1.54) is 6.07 Å². The Balaban J connectivity index is 2.99. The third-order valence-electron chi connectivity index (χ3n) is 2.11. The molecule has 1 aromatic rings. The number of allylic oxidation sites excluding steroid dienone is 2. The molecule has 0 radical (unpaired) electrons. The third kappa shape index (κ3) is 2.95. The van der Waals surface area contributed by atoms with Gasteiger partial charge < -0.3 is 0 Å². The van der Waals surface area contributed by atoms with Gasteiger partial charge in [0.15, 0.2) is 0 Å². The van der Waals surface area contributed by atoms with Gasteiger partial charge in [0.05, 0.1) is 0 Å². The van der Waals surface area contributed by atoms with E-state index < -0.39 is 0 Å². The summed E-state index contributed by atoms with van der Waals surface area (Å²) >= 11 is 3.35. The van der Waals surface area contributed by atoms with Gasteiger partial charge in [-0.15, -0.1) is 0 Å². The van der Waals surface area contributed by atoms with Crippen molar-refractivity contribution >= 4 is 21.5 Å². The van der Waals surface area contributed by atoms with Gasteiger partial charge in [-0.3, -0.25) is 0 Å². The maximum Gasteiger partial charge on any atom is 0.130 e. The Hall–Kier alpha value is -0.630. The van der Waals surface area contributed by atoms with Crippen LogP contribution < -0.4 is 0 Å². The van der Waals surface area contributed by atoms with Crippen molar-refractivity contribution in [2.24, 2.45) is 0 Å². The van der Waals surface area contributed by atoms with E-state index in [1.807, 2.05) is 26.0 Å². The van der Waals surface area contributed by atoms with Crippen molar-refractivity contribution in [2.75, 3.05) is 5.33 Å². The lowest BCUT2D eigenvalue weighted by molar-refractivity contribution is 0.623. The first-order valence-electron chi connectivity index (χ1n) is 4.64. The molecule has 14 heavy (non-hydrogen) atoms. The Kier molecular flexibility index (Phi) is 4.33. The molecule has 0 fully saturated rings. The van der Waals surface area contributed by atoms with Crippen LogP contribution in [0.15, 0.2) is 24.3 Å². The van der Waals surface area contributed by atoms with Gasteiger partial charge in [-0.05, 0) is 38.0 Å². The van der Waals surface area contributed by atoms with Gasteiger partial charge in [0.2, 0.25) is 0 Å². The van der Waals surface area contributed by atoms with Crippen LogP contribution in [0.3, 0.4) is 0 Å². The number of aryl methyl sites for hydroxylation is 1. The summed E-state index contributed by atoms with van der Waals surface area (Å²) in [6, 6.07) is 5.20. The van der Waals surface area contributed by atoms with E-state index in [-0.39, 0.29) is 5.82 Å². The molecule has 0 saturated carbocycles.